The maximum atomic E-state index is 13.2. The summed E-state index contributed by atoms with van der Waals surface area (Å²) in [5.74, 6) is 0.0601. The van der Waals surface area contributed by atoms with Crippen LogP contribution < -0.4 is 5.32 Å². The largest absolute Gasteiger partial charge is 0.325 e. The van der Waals surface area contributed by atoms with Crippen molar-refractivity contribution in [3.05, 3.63) is 84.8 Å². The summed E-state index contributed by atoms with van der Waals surface area (Å²) >= 11 is 0. The Morgan fingerprint density at radius 2 is 1.90 bits per heavy atom. The number of anilines is 1. The molecule has 156 valence electrons. The Labute approximate surface area is 181 Å². The second kappa shape index (κ2) is 8.70. The van der Waals surface area contributed by atoms with Gasteiger partial charge in [0.2, 0.25) is 5.91 Å². The zero-order chi connectivity index (χ0) is 21.0. The molecule has 2 aromatic carbocycles. The van der Waals surface area contributed by atoms with Crippen LogP contribution in [0, 0.1) is 0 Å². The molecule has 6 heteroatoms. The van der Waals surface area contributed by atoms with Crippen molar-refractivity contribution in [3.8, 4) is 5.69 Å². The zero-order valence-corrected chi connectivity index (χ0v) is 17.3. The van der Waals surface area contributed by atoms with Gasteiger partial charge in [-0.25, -0.2) is 4.68 Å². The van der Waals surface area contributed by atoms with Crippen LogP contribution in [0.2, 0.25) is 0 Å². The Hall–Kier alpha value is -3.51. The normalized spacial score (nSPS) is 17.0. The topological polar surface area (TPSA) is 63.1 Å². The first-order valence-electron chi connectivity index (χ1n) is 10.8. The van der Waals surface area contributed by atoms with Crippen molar-refractivity contribution in [1.29, 1.82) is 0 Å². The average Bonchev–Trinajstić information content (AvgIpc) is 3.35. The third-order valence-electron chi connectivity index (χ3n) is 5.93. The molecule has 0 spiro atoms. The van der Waals surface area contributed by atoms with Gasteiger partial charge in [0.05, 0.1) is 17.2 Å². The van der Waals surface area contributed by atoms with E-state index in [9.17, 15) is 4.79 Å². The molecular formula is C25H25N5O. The summed E-state index contributed by atoms with van der Waals surface area (Å²) < 4.78 is 1.80. The third-order valence-corrected chi connectivity index (χ3v) is 5.93. The van der Waals surface area contributed by atoms with Crippen LogP contribution >= 0.6 is 0 Å². The van der Waals surface area contributed by atoms with Gasteiger partial charge >= 0.3 is 0 Å². The minimum atomic E-state index is -0.133. The molecule has 31 heavy (non-hydrogen) atoms. The van der Waals surface area contributed by atoms with Crippen molar-refractivity contribution in [3.63, 3.8) is 0 Å². The number of nitrogens with zero attached hydrogens (tertiary/aromatic N) is 4. The molecule has 1 fully saturated rings. The first-order chi connectivity index (χ1) is 15.3. The van der Waals surface area contributed by atoms with Gasteiger partial charge in [-0.05, 0) is 67.4 Å². The number of amides is 1. The monoisotopic (exact) mass is 411 g/mol. The van der Waals surface area contributed by atoms with E-state index in [1.54, 1.807) is 10.9 Å². The lowest BCUT2D eigenvalue weighted by atomic mass is 9.99. The van der Waals surface area contributed by atoms with Crippen LogP contribution in [0.25, 0.3) is 16.6 Å². The summed E-state index contributed by atoms with van der Waals surface area (Å²) in [5.41, 5.74) is 3.98. The Morgan fingerprint density at radius 3 is 2.74 bits per heavy atom. The predicted molar refractivity (Wildman–Crippen MR) is 122 cm³/mol. The standard InChI is InChI=1S/C25H25N5O/c31-25(28-20-10-12-21(13-11-20)30-17-5-15-27-30)24-9-1-2-16-29(24)18-19-6-3-8-23-22(19)7-4-14-26-23/h3-8,10-15,17,24H,1-2,9,16,18H2,(H,28,31)/t24-/m0/s1. The molecule has 1 aliphatic rings. The van der Waals surface area contributed by atoms with E-state index in [2.05, 4.69) is 32.4 Å². The fourth-order valence-electron chi connectivity index (χ4n) is 4.35. The minimum absolute atomic E-state index is 0.0601. The summed E-state index contributed by atoms with van der Waals surface area (Å²) in [6.07, 6.45) is 8.53. The highest BCUT2D eigenvalue weighted by Gasteiger charge is 2.29. The van der Waals surface area contributed by atoms with E-state index in [0.29, 0.717) is 0 Å². The van der Waals surface area contributed by atoms with Gasteiger partial charge in [0.1, 0.15) is 0 Å². The van der Waals surface area contributed by atoms with Gasteiger partial charge in [0, 0.05) is 36.2 Å². The van der Waals surface area contributed by atoms with Crippen molar-refractivity contribution in [1.82, 2.24) is 19.7 Å². The number of piperidine rings is 1. The van der Waals surface area contributed by atoms with Crippen LogP contribution in [0.5, 0.6) is 0 Å². The summed E-state index contributed by atoms with van der Waals surface area (Å²) in [5, 5.41) is 8.51. The van der Waals surface area contributed by atoms with Crippen LogP contribution in [0.1, 0.15) is 24.8 Å². The molecule has 3 heterocycles. The molecule has 0 radical (unpaired) electrons. The molecule has 1 amide bonds. The number of pyridine rings is 1. The number of carbonyl (C=O) groups is 1. The summed E-state index contributed by atoms with van der Waals surface area (Å²) in [6.45, 7) is 1.67. The van der Waals surface area contributed by atoms with Gasteiger partial charge < -0.3 is 5.32 Å². The molecule has 5 rings (SSSR count). The molecule has 0 bridgehead atoms. The van der Waals surface area contributed by atoms with Gasteiger partial charge in [-0.2, -0.15) is 5.10 Å². The van der Waals surface area contributed by atoms with Gasteiger partial charge in [-0.1, -0.05) is 24.6 Å². The molecule has 1 atom stereocenters. The number of benzene rings is 2. The highest BCUT2D eigenvalue weighted by molar-refractivity contribution is 5.95. The zero-order valence-electron chi connectivity index (χ0n) is 17.3. The highest BCUT2D eigenvalue weighted by Crippen LogP contribution is 2.24. The second-order valence-electron chi connectivity index (χ2n) is 7.96. The van der Waals surface area contributed by atoms with Crippen LogP contribution in [-0.2, 0) is 11.3 Å². The number of hydrogen-bond acceptors (Lipinski definition) is 4. The number of rotatable bonds is 5. The highest BCUT2D eigenvalue weighted by atomic mass is 16.2. The van der Waals surface area contributed by atoms with Gasteiger partial charge in [0.15, 0.2) is 0 Å². The van der Waals surface area contributed by atoms with Crippen molar-refractivity contribution in [2.75, 3.05) is 11.9 Å². The number of carbonyl (C=O) groups excluding carboxylic acids is 1. The van der Waals surface area contributed by atoms with E-state index in [0.717, 1.165) is 54.6 Å². The molecule has 0 aliphatic carbocycles. The van der Waals surface area contributed by atoms with Crippen LogP contribution in [0.3, 0.4) is 0 Å². The van der Waals surface area contributed by atoms with Crippen molar-refractivity contribution >= 4 is 22.5 Å². The molecule has 1 aliphatic heterocycles. The first-order valence-corrected chi connectivity index (χ1v) is 10.8. The summed E-state index contributed by atoms with van der Waals surface area (Å²) in [4.78, 5) is 19.9. The number of aromatic nitrogens is 3. The Balaban J connectivity index is 1.31. The van der Waals surface area contributed by atoms with Gasteiger partial charge in [-0.3, -0.25) is 14.7 Å². The number of fused-ring (bicyclic) bond motifs is 1. The number of nitrogens with one attached hydrogen (secondary N) is 1. The van der Waals surface area contributed by atoms with E-state index < -0.39 is 0 Å². The Bertz CT molecular complexity index is 1160. The lowest BCUT2D eigenvalue weighted by Gasteiger charge is -2.35. The average molecular weight is 412 g/mol. The van der Waals surface area contributed by atoms with Crippen LogP contribution in [0.15, 0.2) is 79.3 Å². The first kappa shape index (κ1) is 19.5. The fourth-order valence-corrected chi connectivity index (χ4v) is 4.35. The van der Waals surface area contributed by atoms with E-state index in [1.165, 1.54) is 5.56 Å². The molecule has 1 saturated heterocycles. The van der Waals surface area contributed by atoms with E-state index >= 15 is 0 Å². The van der Waals surface area contributed by atoms with Crippen molar-refractivity contribution < 1.29 is 4.79 Å². The van der Waals surface area contributed by atoms with E-state index in [-0.39, 0.29) is 11.9 Å². The molecular weight excluding hydrogens is 386 g/mol. The number of hydrogen-bond donors (Lipinski definition) is 1. The number of likely N-dealkylation sites (tertiary alicyclic amines) is 1. The molecule has 0 unspecified atom stereocenters. The Morgan fingerprint density at radius 1 is 1.00 bits per heavy atom. The SMILES string of the molecule is O=C(Nc1ccc(-n2cccn2)cc1)[C@@H]1CCCCN1Cc1cccc2ncccc12. The van der Waals surface area contributed by atoms with Crippen molar-refractivity contribution in [2.45, 2.75) is 31.8 Å². The quantitative estimate of drug-likeness (QED) is 0.528. The molecule has 1 N–H and O–H groups in total. The van der Waals surface area contributed by atoms with Crippen LogP contribution in [0.4, 0.5) is 5.69 Å². The molecule has 0 saturated carbocycles. The van der Waals surface area contributed by atoms with Crippen molar-refractivity contribution in [2.24, 2.45) is 0 Å². The summed E-state index contributed by atoms with van der Waals surface area (Å²) in [7, 11) is 0. The maximum Gasteiger partial charge on any atom is 0.241 e. The lowest BCUT2D eigenvalue weighted by molar-refractivity contribution is -0.122. The second-order valence-corrected chi connectivity index (χ2v) is 7.96. The van der Waals surface area contributed by atoms with Crippen LogP contribution in [-0.4, -0.2) is 38.2 Å². The van der Waals surface area contributed by atoms with Gasteiger partial charge in [-0.15, -0.1) is 0 Å². The summed E-state index contributed by atoms with van der Waals surface area (Å²) in [6, 6.07) is 19.8. The third kappa shape index (κ3) is 4.20. The van der Waals surface area contributed by atoms with E-state index in [1.807, 2.05) is 60.9 Å². The smallest absolute Gasteiger partial charge is 0.241 e. The lowest BCUT2D eigenvalue weighted by Crippen LogP contribution is -2.46. The molecule has 2 aromatic heterocycles. The van der Waals surface area contributed by atoms with Gasteiger partial charge in [0.25, 0.3) is 0 Å². The Kier molecular flexibility index (Phi) is 5.46. The minimum Gasteiger partial charge on any atom is -0.325 e. The maximum absolute atomic E-state index is 13.2. The predicted octanol–water partition coefficient (Wildman–Crippen LogP) is 4.41. The van der Waals surface area contributed by atoms with E-state index in [4.69, 9.17) is 0 Å². The fraction of sp³-hybridized carbons (Fsp3) is 0.240. The molecule has 4 aromatic rings. The molecule has 6 nitrogen and oxygen atoms in total.